The number of rotatable bonds is 4. The van der Waals surface area contributed by atoms with Crippen LogP contribution in [-0.2, 0) is 0 Å². The lowest BCUT2D eigenvalue weighted by atomic mass is 10.2. The van der Waals surface area contributed by atoms with E-state index in [0.717, 1.165) is 24.3 Å². The molecule has 14 heavy (non-hydrogen) atoms. The molecule has 0 unspecified atom stereocenters. The first-order valence-electron chi connectivity index (χ1n) is 4.89. The molecule has 3 heteroatoms. The van der Waals surface area contributed by atoms with Gasteiger partial charge >= 0.3 is 0 Å². The van der Waals surface area contributed by atoms with Crippen LogP contribution in [0.15, 0.2) is 12.1 Å². The van der Waals surface area contributed by atoms with E-state index in [1.165, 1.54) is 6.42 Å². The Morgan fingerprint density at radius 1 is 1.50 bits per heavy atom. The van der Waals surface area contributed by atoms with E-state index in [9.17, 15) is 0 Å². The van der Waals surface area contributed by atoms with Crippen LogP contribution in [0, 0.1) is 18.3 Å². The first kappa shape index (κ1) is 10.5. The number of aryl methyl sites for hydroxylation is 1. The summed E-state index contributed by atoms with van der Waals surface area (Å²) in [6.07, 6.45) is 2.31. The average molecular weight is 189 g/mol. The normalized spacial score (nSPS) is 9.50. The van der Waals surface area contributed by atoms with Crippen molar-refractivity contribution < 1.29 is 0 Å². The van der Waals surface area contributed by atoms with Gasteiger partial charge in [-0.25, -0.2) is 4.98 Å². The first-order chi connectivity index (χ1) is 6.76. The second kappa shape index (κ2) is 5.23. The van der Waals surface area contributed by atoms with Gasteiger partial charge in [0, 0.05) is 17.9 Å². The predicted molar refractivity (Wildman–Crippen MR) is 57.1 cm³/mol. The van der Waals surface area contributed by atoms with E-state index < -0.39 is 0 Å². The standard InChI is InChI=1S/C11H15N3/c1-3-4-5-13-10-6-9(2)14-11(7-10)8-12/h6-7H,3-5H2,1-2H3,(H,13,14). The molecule has 74 valence electrons. The van der Waals surface area contributed by atoms with Crippen LogP contribution >= 0.6 is 0 Å². The van der Waals surface area contributed by atoms with Crippen LogP contribution < -0.4 is 5.32 Å². The fraction of sp³-hybridized carbons (Fsp3) is 0.455. The van der Waals surface area contributed by atoms with Gasteiger partial charge in [0.05, 0.1) is 0 Å². The lowest BCUT2D eigenvalue weighted by molar-refractivity contribution is 0.834. The first-order valence-corrected chi connectivity index (χ1v) is 4.89. The number of hydrogen-bond acceptors (Lipinski definition) is 3. The zero-order valence-corrected chi connectivity index (χ0v) is 8.67. The third-order valence-corrected chi connectivity index (χ3v) is 1.93. The second-order valence-corrected chi connectivity index (χ2v) is 3.27. The zero-order valence-electron chi connectivity index (χ0n) is 8.67. The Morgan fingerprint density at radius 2 is 2.29 bits per heavy atom. The third-order valence-electron chi connectivity index (χ3n) is 1.93. The van der Waals surface area contributed by atoms with Crippen LogP contribution in [-0.4, -0.2) is 11.5 Å². The van der Waals surface area contributed by atoms with Gasteiger partial charge in [0.25, 0.3) is 0 Å². The highest BCUT2D eigenvalue weighted by Gasteiger charge is 1.98. The molecule has 0 aromatic carbocycles. The Balaban J connectivity index is 2.68. The van der Waals surface area contributed by atoms with Crippen molar-refractivity contribution >= 4 is 5.69 Å². The molecular formula is C11H15N3. The monoisotopic (exact) mass is 189 g/mol. The van der Waals surface area contributed by atoms with Crippen molar-refractivity contribution in [1.29, 1.82) is 5.26 Å². The molecule has 1 rings (SSSR count). The number of nitriles is 1. The second-order valence-electron chi connectivity index (χ2n) is 3.27. The summed E-state index contributed by atoms with van der Waals surface area (Å²) in [4.78, 5) is 4.08. The molecule has 3 nitrogen and oxygen atoms in total. The maximum Gasteiger partial charge on any atom is 0.142 e. The van der Waals surface area contributed by atoms with Crippen LogP contribution in [0.4, 0.5) is 5.69 Å². The van der Waals surface area contributed by atoms with E-state index in [-0.39, 0.29) is 0 Å². The number of nitrogens with one attached hydrogen (secondary N) is 1. The molecule has 0 bridgehead atoms. The summed E-state index contributed by atoms with van der Waals surface area (Å²) < 4.78 is 0. The number of nitrogens with zero attached hydrogens (tertiary/aromatic N) is 2. The fourth-order valence-corrected chi connectivity index (χ4v) is 1.24. The molecule has 0 radical (unpaired) electrons. The highest BCUT2D eigenvalue weighted by atomic mass is 14.9. The molecule has 0 saturated heterocycles. The molecule has 0 atom stereocenters. The summed E-state index contributed by atoms with van der Waals surface area (Å²) in [5, 5.41) is 12.0. The smallest absolute Gasteiger partial charge is 0.142 e. The number of unbranched alkanes of at least 4 members (excludes halogenated alkanes) is 1. The highest BCUT2D eigenvalue weighted by molar-refractivity contribution is 5.47. The summed E-state index contributed by atoms with van der Waals surface area (Å²) in [5.41, 5.74) is 2.34. The van der Waals surface area contributed by atoms with E-state index in [0.29, 0.717) is 5.69 Å². The topological polar surface area (TPSA) is 48.7 Å². The molecule has 0 aliphatic heterocycles. The molecule has 1 N–H and O–H groups in total. The van der Waals surface area contributed by atoms with Crippen LogP contribution in [0.1, 0.15) is 31.2 Å². The number of aromatic nitrogens is 1. The van der Waals surface area contributed by atoms with Gasteiger partial charge in [0.15, 0.2) is 0 Å². The Kier molecular flexibility index (Phi) is 3.93. The third kappa shape index (κ3) is 3.06. The van der Waals surface area contributed by atoms with Crippen LogP contribution in [0.2, 0.25) is 0 Å². The predicted octanol–water partition coefficient (Wildman–Crippen LogP) is 2.47. The van der Waals surface area contributed by atoms with Crippen LogP contribution in [0.25, 0.3) is 0 Å². The quantitative estimate of drug-likeness (QED) is 0.740. The minimum absolute atomic E-state index is 0.476. The Bertz CT molecular complexity index is 339. The Hall–Kier alpha value is -1.56. The van der Waals surface area contributed by atoms with Gasteiger partial charge < -0.3 is 5.32 Å². The van der Waals surface area contributed by atoms with Gasteiger partial charge in [-0.15, -0.1) is 0 Å². The maximum absolute atomic E-state index is 8.72. The van der Waals surface area contributed by atoms with E-state index in [1.807, 2.05) is 19.1 Å². The maximum atomic E-state index is 8.72. The summed E-state index contributed by atoms with van der Waals surface area (Å²) in [5.74, 6) is 0. The minimum Gasteiger partial charge on any atom is -0.385 e. The van der Waals surface area contributed by atoms with Crippen molar-refractivity contribution in [3.05, 3.63) is 23.5 Å². The summed E-state index contributed by atoms with van der Waals surface area (Å²) >= 11 is 0. The fourth-order valence-electron chi connectivity index (χ4n) is 1.24. The summed E-state index contributed by atoms with van der Waals surface area (Å²) in [6, 6.07) is 5.78. The van der Waals surface area contributed by atoms with Crippen molar-refractivity contribution in [2.75, 3.05) is 11.9 Å². The molecular weight excluding hydrogens is 174 g/mol. The van der Waals surface area contributed by atoms with Crippen molar-refractivity contribution in [1.82, 2.24) is 4.98 Å². The minimum atomic E-state index is 0.476. The molecule has 0 aliphatic carbocycles. The average Bonchev–Trinajstić information content (AvgIpc) is 2.17. The van der Waals surface area contributed by atoms with Crippen molar-refractivity contribution in [2.45, 2.75) is 26.7 Å². The van der Waals surface area contributed by atoms with Crippen molar-refractivity contribution in [3.8, 4) is 6.07 Å². The van der Waals surface area contributed by atoms with Gasteiger partial charge in [-0.05, 0) is 25.5 Å². The number of pyridine rings is 1. The van der Waals surface area contributed by atoms with E-state index in [4.69, 9.17) is 5.26 Å². The van der Waals surface area contributed by atoms with Crippen molar-refractivity contribution in [3.63, 3.8) is 0 Å². The van der Waals surface area contributed by atoms with Crippen molar-refractivity contribution in [2.24, 2.45) is 0 Å². The molecule has 1 heterocycles. The number of anilines is 1. The molecule has 0 amide bonds. The Labute approximate surface area is 84.8 Å². The molecule has 1 aromatic heterocycles. The molecule has 0 aliphatic rings. The van der Waals surface area contributed by atoms with Gasteiger partial charge in [-0.2, -0.15) is 5.26 Å². The summed E-state index contributed by atoms with van der Waals surface area (Å²) in [6.45, 7) is 5.00. The van der Waals surface area contributed by atoms with E-state index in [2.05, 4.69) is 17.2 Å². The molecule has 0 spiro atoms. The van der Waals surface area contributed by atoms with E-state index in [1.54, 1.807) is 6.07 Å². The largest absolute Gasteiger partial charge is 0.385 e. The van der Waals surface area contributed by atoms with Crippen LogP contribution in [0.5, 0.6) is 0 Å². The summed E-state index contributed by atoms with van der Waals surface area (Å²) in [7, 11) is 0. The molecule has 0 saturated carbocycles. The van der Waals surface area contributed by atoms with Gasteiger partial charge in [-0.3, -0.25) is 0 Å². The lowest BCUT2D eigenvalue weighted by Crippen LogP contribution is -2.02. The Morgan fingerprint density at radius 3 is 2.93 bits per heavy atom. The SMILES string of the molecule is CCCCNc1cc(C)nc(C#N)c1. The van der Waals surface area contributed by atoms with Gasteiger partial charge in [0.2, 0.25) is 0 Å². The lowest BCUT2D eigenvalue weighted by Gasteiger charge is -2.06. The zero-order chi connectivity index (χ0) is 10.4. The highest BCUT2D eigenvalue weighted by Crippen LogP contribution is 2.10. The van der Waals surface area contributed by atoms with E-state index >= 15 is 0 Å². The van der Waals surface area contributed by atoms with Gasteiger partial charge in [-0.1, -0.05) is 13.3 Å². The van der Waals surface area contributed by atoms with Crippen LogP contribution in [0.3, 0.4) is 0 Å². The van der Waals surface area contributed by atoms with Gasteiger partial charge in [0.1, 0.15) is 11.8 Å². The number of hydrogen-bond donors (Lipinski definition) is 1. The molecule has 0 fully saturated rings. The molecule has 1 aromatic rings.